The summed E-state index contributed by atoms with van der Waals surface area (Å²) in [5.74, 6) is 0.315. The van der Waals surface area contributed by atoms with E-state index in [0.29, 0.717) is 5.75 Å². The molecule has 4 aromatic rings. The molecule has 0 aliphatic heterocycles. The van der Waals surface area contributed by atoms with Gasteiger partial charge in [0.25, 0.3) is 0 Å². The summed E-state index contributed by atoms with van der Waals surface area (Å²) in [6.45, 7) is 0.866. The molecule has 33 heavy (non-hydrogen) atoms. The molecule has 0 aliphatic rings. The lowest BCUT2D eigenvalue weighted by atomic mass is 10.2. The molecule has 0 radical (unpaired) electrons. The van der Waals surface area contributed by atoms with Crippen LogP contribution in [0.15, 0.2) is 115 Å². The van der Waals surface area contributed by atoms with Crippen molar-refractivity contribution >= 4 is 28.9 Å². The first-order valence-electron chi connectivity index (χ1n) is 11.4. The van der Waals surface area contributed by atoms with Crippen LogP contribution in [-0.4, -0.2) is 17.8 Å². The minimum absolute atomic E-state index is 0. The highest BCUT2D eigenvalue weighted by Gasteiger charge is 2.44. The van der Waals surface area contributed by atoms with Gasteiger partial charge in [-0.05, 0) is 67.8 Å². The van der Waals surface area contributed by atoms with Gasteiger partial charge in [-0.2, -0.15) is 0 Å². The van der Waals surface area contributed by atoms with Gasteiger partial charge in [-0.25, -0.2) is 0 Å². The Morgan fingerprint density at radius 3 is 1.48 bits per heavy atom. The average molecular weight is 520 g/mol. The zero-order valence-corrected chi connectivity index (χ0v) is 21.3. The van der Waals surface area contributed by atoms with Crippen molar-refractivity contribution in [1.29, 1.82) is 0 Å². The van der Waals surface area contributed by atoms with Crippen molar-refractivity contribution in [3.63, 3.8) is 0 Å². The minimum Gasteiger partial charge on any atom is -1.00 e. The van der Waals surface area contributed by atoms with Crippen LogP contribution in [0.5, 0.6) is 5.75 Å². The van der Waals surface area contributed by atoms with Crippen LogP contribution in [0.2, 0.25) is 0 Å². The van der Waals surface area contributed by atoms with E-state index in [2.05, 4.69) is 96.3 Å². The smallest absolute Gasteiger partial charge is 0.138 e. The Balaban J connectivity index is 0.00000306. The van der Waals surface area contributed by atoms with Crippen molar-refractivity contribution in [2.24, 2.45) is 0 Å². The lowest BCUT2D eigenvalue weighted by molar-refractivity contribution is -0.00000722. The molecule has 2 nitrogen and oxygen atoms in total. The number of phenolic OH excluding ortho intramolecular Hbond substituents is 1. The van der Waals surface area contributed by atoms with Gasteiger partial charge in [0.05, 0.1) is 11.8 Å². The first-order chi connectivity index (χ1) is 15.8. The van der Waals surface area contributed by atoms with Crippen LogP contribution >= 0.6 is 7.26 Å². The number of rotatable bonds is 10. The third kappa shape index (κ3) is 6.05. The second-order valence-electron chi connectivity index (χ2n) is 8.04. The van der Waals surface area contributed by atoms with Crippen LogP contribution in [0, 0.1) is 0 Å². The summed E-state index contributed by atoms with van der Waals surface area (Å²) in [6, 6.07) is 40.7. The molecular weight excluding hydrogens is 489 g/mol. The summed E-state index contributed by atoms with van der Waals surface area (Å²) < 4.78 is 0. The number of hydrogen-bond acceptors (Lipinski definition) is 2. The molecule has 170 valence electrons. The molecule has 0 spiro atoms. The van der Waals surface area contributed by atoms with E-state index in [1.165, 1.54) is 15.9 Å². The summed E-state index contributed by atoms with van der Waals surface area (Å²) in [7, 11) is -1.73. The molecule has 0 fully saturated rings. The maximum atomic E-state index is 9.94. The Labute approximate surface area is 208 Å². The lowest BCUT2D eigenvalue weighted by Gasteiger charge is -2.27. The van der Waals surface area contributed by atoms with E-state index in [1.54, 1.807) is 6.07 Å². The molecular formula is C29H31BrNOP. The Bertz CT molecular complexity index is 993. The van der Waals surface area contributed by atoms with Crippen molar-refractivity contribution in [1.82, 2.24) is 0 Å². The van der Waals surface area contributed by atoms with Crippen LogP contribution in [-0.2, 0) is 0 Å². The van der Waals surface area contributed by atoms with Crippen molar-refractivity contribution in [2.75, 3.05) is 18.0 Å². The first-order valence-corrected chi connectivity index (χ1v) is 13.3. The third-order valence-corrected chi connectivity index (χ3v) is 10.5. The quantitative estimate of drug-likeness (QED) is 0.192. The highest BCUT2D eigenvalue weighted by molar-refractivity contribution is 7.95. The van der Waals surface area contributed by atoms with E-state index < -0.39 is 7.26 Å². The SMILES string of the molecule is Oc1ccccc1NCCCCC[P+](c1ccccc1)(c1ccccc1)c1ccccc1.[Br-]. The third-order valence-electron chi connectivity index (χ3n) is 5.98. The van der Waals surface area contributed by atoms with Gasteiger partial charge >= 0.3 is 0 Å². The number of anilines is 1. The molecule has 0 saturated carbocycles. The first kappa shape index (κ1) is 25.0. The number of benzene rings is 4. The second-order valence-corrected chi connectivity index (χ2v) is 11.7. The number of nitrogens with one attached hydrogen (secondary N) is 1. The van der Waals surface area contributed by atoms with Gasteiger partial charge in [0, 0.05) is 6.54 Å². The predicted octanol–water partition coefficient (Wildman–Crippen LogP) is 2.97. The summed E-state index contributed by atoms with van der Waals surface area (Å²) in [4.78, 5) is 0. The van der Waals surface area contributed by atoms with Crippen LogP contribution in [0.1, 0.15) is 19.3 Å². The molecule has 0 bridgehead atoms. The van der Waals surface area contributed by atoms with E-state index in [0.717, 1.165) is 37.7 Å². The van der Waals surface area contributed by atoms with E-state index in [4.69, 9.17) is 0 Å². The molecule has 0 saturated heterocycles. The molecule has 0 atom stereocenters. The summed E-state index contributed by atoms with van der Waals surface area (Å²) in [6.07, 6.45) is 4.54. The van der Waals surface area contributed by atoms with Crippen molar-refractivity contribution in [3.05, 3.63) is 115 Å². The van der Waals surface area contributed by atoms with Crippen LogP contribution < -0.4 is 38.2 Å². The van der Waals surface area contributed by atoms with Gasteiger partial charge in [0.1, 0.15) is 28.9 Å². The number of para-hydroxylation sites is 2. The maximum Gasteiger partial charge on any atom is 0.138 e. The molecule has 0 unspecified atom stereocenters. The van der Waals surface area contributed by atoms with Crippen LogP contribution in [0.3, 0.4) is 0 Å². The summed E-state index contributed by atoms with van der Waals surface area (Å²) in [5, 5.41) is 17.7. The van der Waals surface area contributed by atoms with Gasteiger partial charge < -0.3 is 27.4 Å². The maximum absolute atomic E-state index is 9.94. The topological polar surface area (TPSA) is 32.3 Å². The van der Waals surface area contributed by atoms with Gasteiger partial charge in [0.2, 0.25) is 0 Å². The fourth-order valence-corrected chi connectivity index (χ4v) is 8.79. The fraction of sp³-hybridized carbons (Fsp3) is 0.172. The Morgan fingerprint density at radius 2 is 1.00 bits per heavy atom. The molecule has 4 rings (SSSR count). The van der Waals surface area contributed by atoms with Gasteiger partial charge in [-0.1, -0.05) is 66.7 Å². The number of phenols is 1. The Hall–Kier alpha value is -2.61. The standard InChI is InChI=1S/C29H30NOP.BrH/c31-29-22-12-11-21-28(29)30-23-13-4-14-24-32(25-15-5-1-6-16-25,26-17-7-2-8-18-26)27-19-9-3-10-20-27;/h1-3,5-12,15-22,30H,4,13-14,23-24H2;1H. The van der Waals surface area contributed by atoms with Crippen molar-refractivity contribution in [3.8, 4) is 5.75 Å². The summed E-state index contributed by atoms with van der Waals surface area (Å²) >= 11 is 0. The fourth-order valence-electron chi connectivity index (χ4n) is 4.38. The van der Waals surface area contributed by atoms with Gasteiger partial charge in [-0.15, -0.1) is 0 Å². The number of hydrogen-bond donors (Lipinski definition) is 2. The number of unbranched alkanes of at least 4 members (excludes halogenated alkanes) is 2. The molecule has 2 N–H and O–H groups in total. The lowest BCUT2D eigenvalue weighted by Crippen LogP contribution is -3.00. The van der Waals surface area contributed by atoms with Crippen molar-refractivity contribution in [2.45, 2.75) is 19.3 Å². The number of aromatic hydroxyl groups is 1. The highest BCUT2D eigenvalue weighted by atomic mass is 79.9. The average Bonchev–Trinajstić information content (AvgIpc) is 2.86. The van der Waals surface area contributed by atoms with Crippen molar-refractivity contribution < 1.29 is 22.1 Å². The zero-order chi connectivity index (χ0) is 22.1. The largest absolute Gasteiger partial charge is 1.00 e. The molecule has 4 aromatic carbocycles. The highest BCUT2D eigenvalue weighted by Crippen LogP contribution is 2.55. The van der Waals surface area contributed by atoms with Gasteiger partial charge in [-0.3, -0.25) is 0 Å². The molecule has 0 heterocycles. The summed E-state index contributed by atoms with van der Waals surface area (Å²) in [5.41, 5.74) is 0.812. The van der Waals surface area contributed by atoms with Gasteiger partial charge in [0.15, 0.2) is 0 Å². The monoisotopic (exact) mass is 519 g/mol. The van der Waals surface area contributed by atoms with Crippen LogP contribution in [0.4, 0.5) is 5.69 Å². The van der Waals surface area contributed by atoms with E-state index in [9.17, 15) is 5.11 Å². The zero-order valence-electron chi connectivity index (χ0n) is 18.8. The minimum atomic E-state index is -1.73. The number of halogens is 1. The molecule has 0 aromatic heterocycles. The second kappa shape index (κ2) is 12.6. The Morgan fingerprint density at radius 1 is 0.545 bits per heavy atom. The molecule has 4 heteroatoms. The molecule has 0 amide bonds. The predicted molar refractivity (Wildman–Crippen MR) is 140 cm³/mol. The normalized spacial score (nSPS) is 10.9. The van der Waals surface area contributed by atoms with E-state index in [-0.39, 0.29) is 17.0 Å². The van der Waals surface area contributed by atoms with E-state index >= 15 is 0 Å². The Kier molecular flexibility index (Phi) is 9.54. The molecule has 0 aliphatic carbocycles. The van der Waals surface area contributed by atoms with E-state index in [1.807, 2.05) is 18.2 Å². The van der Waals surface area contributed by atoms with Crippen LogP contribution in [0.25, 0.3) is 0 Å².